The minimum absolute atomic E-state index is 0.682. The summed E-state index contributed by atoms with van der Waals surface area (Å²) in [5.41, 5.74) is 14.9. The first-order valence-electron chi connectivity index (χ1n) is 18.3. The van der Waals surface area contributed by atoms with Gasteiger partial charge in [-0.25, -0.2) is 0 Å². The Morgan fingerprint density at radius 3 is 1.46 bits per heavy atom. The second-order valence-electron chi connectivity index (χ2n) is 14.2. The third kappa shape index (κ3) is 4.00. The zero-order chi connectivity index (χ0) is 35.4. The monoisotopic (exact) mass is 710 g/mol. The lowest BCUT2D eigenvalue weighted by Crippen LogP contribution is -2.32. The zero-order valence-corrected chi connectivity index (χ0v) is 29.8. The van der Waals surface area contributed by atoms with Gasteiger partial charge in [0.1, 0.15) is 11.5 Å². The number of pyridine rings is 2. The molecule has 0 N–H and O–H groups in total. The number of aromatic nitrogens is 2. The summed E-state index contributed by atoms with van der Waals surface area (Å²) in [6.45, 7) is 0. The highest BCUT2D eigenvalue weighted by Gasteiger charge is 2.52. The highest BCUT2D eigenvalue weighted by Crippen LogP contribution is 2.63. The molecular formula is C48H30N4OS. The Morgan fingerprint density at radius 1 is 0.463 bits per heavy atom. The van der Waals surface area contributed by atoms with Gasteiger partial charge in [-0.1, -0.05) is 96.7 Å². The Kier molecular flexibility index (Phi) is 6.19. The molecule has 2 aromatic heterocycles. The third-order valence-corrected chi connectivity index (χ3v) is 12.5. The Hall–Kier alpha value is -6.63. The van der Waals surface area contributed by atoms with Crippen LogP contribution in [-0.4, -0.2) is 9.97 Å². The fourth-order valence-corrected chi connectivity index (χ4v) is 10.3. The van der Waals surface area contributed by atoms with Crippen LogP contribution in [0.1, 0.15) is 33.4 Å². The average Bonchev–Trinajstić information content (AvgIpc) is 3.52. The zero-order valence-electron chi connectivity index (χ0n) is 29.0. The average molecular weight is 711 g/mol. The van der Waals surface area contributed by atoms with Crippen molar-refractivity contribution in [1.29, 1.82) is 0 Å². The van der Waals surface area contributed by atoms with Gasteiger partial charge in [0.05, 0.1) is 28.2 Å². The van der Waals surface area contributed by atoms with Crippen LogP contribution >= 0.6 is 11.8 Å². The molecule has 54 heavy (non-hydrogen) atoms. The number of hydrogen-bond donors (Lipinski definition) is 0. The number of anilines is 6. The minimum Gasteiger partial charge on any atom is -0.457 e. The van der Waals surface area contributed by atoms with Gasteiger partial charge in [-0.3, -0.25) is 9.97 Å². The molecule has 0 saturated carbocycles. The van der Waals surface area contributed by atoms with E-state index in [1.54, 1.807) is 0 Å². The summed E-state index contributed by atoms with van der Waals surface area (Å²) >= 11 is 1.81. The van der Waals surface area contributed by atoms with Crippen LogP contribution < -0.4 is 14.5 Å². The summed E-state index contributed by atoms with van der Waals surface area (Å²) in [6, 6.07) is 56.8. The normalized spacial score (nSPS) is 14.7. The molecule has 12 rings (SSSR count). The van der Waals surface area contributed by atoms with E-state index in [-0.39, 0.29) is 0 Å². The molecule has 0 amide bonds. The standard InChI is InChI=1S/C48H30N4OS/c1-3-15-38-30(11-1)27-31-12-2-4-16-39(31)51(38)32-21-23-34-42(28-32)53-43-29-33(52-40-17-5-7-19-44(40)54-45-20-8-6-18-41(45)52)22-24-35(43)48(34)36-13-9-25-49-46(36)47-37(48)14-10-26-50-47/h1-26,28-29H,27H2. The number of fused-ring (bicyclic) bond motifs is 13. The molecule has 4 aliphatic rings. The number of ether oxygens (including phenoxy) is 1. The lowest BCUT2D eigenvalue weighted by atomic mass is 9.66. The maximum atomic E-state index is 7.21. The van der Waals surface area contributed by atoms with Crippen molar-refractivity contribution >= 4 is 45.9 Å². The molecule has 5 heterocycles. The van der Waals surface area contributed by atoms with Crippen molar-refractivity contribution < 1.29 is 4.74 Å². The van der Waals surface area contributed by atoms with Gasteiger partial charge in [0.2, 0.25) is 0 Å². The van der Waals surface area contributed by atoms with Crippen LogP contribution in [0.2, 0.25) is 0 Å². The fraction of sp³-hybridized carbons (Fsp3) is 0.0417. The molecular weight excluding hydrogens is 681 g/mol. The summed E-state index contributed by atoms with van der Waals surface area (Å²) < 4.78 is 7.21. The van der Waals surface area contributed by atoms with E-state index in [4.69, 9.17) is 14.7 Å². The van der Waals surface area contributed by atoms with Crippen molar-refractivity contribution in [3.8, 4) is 22.9 Å². The molecule has 1 aliphatic carbocycles. The maximum absolute atomic E-state index is 7.21. The van der Waals surface area contributed by atoms with Crippen molar-refractivity contribution in [2.75, 3.05) is 9.80 Å². The van der Waals surface area contributed by atoms with E-state index < -0.39 is 5.41 Å². The first-order valence-corrected chi connectivity index (χ1v) is 19.1. The molecule has 254 valence electrons. The minimum atomic E-state index is -0.682. The second-order valence-corrected chi connectivity index (χ2v) is 15.2. The lowest BCUT2D eigenvalue weighted by molar-refractivity contribution is 0.436. The molecule has 0 bridgehead atoms. The van der Waals surface area contributed by atoms with E-state index in [0.717, 1.165) is 74.3 Å². The largest absolute Gasteiger partial charge is 0.457 e. The summed E-state index contributed by atoms with van der Waals surface area (Å²) in [5, 5.41) is 0. The van der Waals surface area contributed by atoms with Crippen LogP contribution in [0.25, 0.3) is 11.4 Å². The number of para-hydroxylation sites is 4. The highest BCUT2D eigenvalue weighted by molar-refractivity contribution is 7.99. The van der Waals surface area contributed by atoms with Gasteiger partial charge in [-0.15, -0.1) is 0 Å². The predicted molar refractivity (Wildman–Crippen MR) is 216 cm³/mol. The van der Waals surface area contributed by atoms with Gasteiger partial charge >= 0.3 is 0 Å². The Balaban J connectivity index is 1.11. The first kappa shape index (κ1) is 29.9. The van der Waals surface area contributed by atoms with E-state index in [9.17, 15) is 0 Å². The van der Waals surface area contributed by atoms with Crippen LogP contribution in [0.4, 0.5) is 34.1 Å². The Labute approximate surface area is 317 Å². The molecule has 0 fully saturated rings. The van der Waals surface area contributed by atoms with Crippen LogP contribution in [0.3, 0.4) is 0 Å². The first-order chi connectivity index (χ1) is 26.8. The Bertz CT molecular complexity index is 2580. The van der Waals surface area contributed by atoms with Gasteiger partial charge in [-0.2, -0.15) is 0 Å². The van der Waals surface area contributed by atoms with Gasteiger partial charge < -0.3 is 14.5 Å². The molecule has 3 aliphatic heterocycles. The predicted octanol–water partition coefficient (Wildman–Crippen LogP) is 12.3. The fourth-order valence-electron chi connectivity index (χ4n) is 9.22. The molecule has 0 atom stereocenters. The summed E-state index contributed by atoms with van der Waals surface area (Å²) in [7, 11) is 0. The molecule has 0 saturated heterocycles. The molecule has 8 aromatic rings. The number of rotatable bonds is 2. The molecule has 1 spiro atoms. The van der Waals surface area contributed by atoms with Crippen molar-refractivity contribution in [3.63, 3.8) is 0 Å². The molecule has 6 heteroatoms. The van der Waals surface area contributed by atoms with Crippen molar-refractivity contribution in [3.05, 3.63) is 203 Å². The van der Waals surface area contributed by atoms with Crippen LogP contribution in [0.15, 0.2) is 180 Å². The molecule has 0 unspecified atom stereocenters. The molecule has 0 radical (unpaired) electrons. The van der Waals surface area contributed by atoms with Crippen LogP contribution in [-0.2, 0) is 11.8 Å². The maximum Gasteiger partial charge on any atom is 0.134 e. The molecule has 5 nitrogen and oxygen atoms in total. The van der Waals surface area contributed by atoms with E-state index in [2.05, 4.69) is 155 Å². The van der Waals surface area contributed by atoms with E-state index in [1.807, 2.05) is 36.3 Å². The van der Waals surface area contributed by atoms with Gasteiger partial charge in [-0.05, 0) is 82.9 Å². The highest BCUT2D eigenvalue weighted by atomic mass is 32.2. The lowest BCUT2D eigenvalue weighted by Gasteiger charge is -2.41. The second kappa shape index (κ2) is 11.2. The topological polar surface area (TPSA) is 41.5 Å². The van der Waals surface area contributed by atoms with E-state index in [1.165, 1.54) is 32.3 Å². The van der Waals surface area contributed by atoms with Crippen LogP contribution in [0.5, 0.6) is 11.5 Å². The van der Waals surface area contributed by atoms with Crippen molar-refractivity contribution in [1.82, 2.24) is 9.97 Å². The van der Waals surface area contributed by atoms with Gasteiger partial charge in [0.25, 0.3) is 0 Å². The van der Waals surface area contributed by atoms with E-state index >= 15 is 0 Å². The van der Waals surface area contributed by atoms with Crippen LogP contribution in [0, 0.1) is 0 Å². The number of nitrogens with zero attached hydrogens (tertiary/aromatic N) is 4. The number of benzene rings is 6. The molecule has 6 aromatic carbocycles. The third-order valence-electron chi connectivity index (χ3n) is 11.4. The summed E-state index contributed by atoms with van der Waals surface area (Å²) in [5.74, 6) is 1.63. The van der Waals surface area contributed by atoms with Crippen molar-refractivity contribution in [2.45, 2.75) is 21.6 Å². The summed E-state index contributed by atoms with van der Waals surface area (Å²) in [4.78, 5) is 17.1. The SMILES string of the molecule is c1ccc2c(c1)Cc1ccccc1N2c1ccc2c(c1)Oc1cc(N3c4ccccc4Sc4ccccc43)ccc1C21c2cccnc2-c2ncccc21. The van der Waals surface area contributed by atoms with Gasteiger partial charge in [0.15, 0.2) is 0 Å². The van der Waals surface area contributed by atoms with E-state index in [0.29, 0.717) is 0 Å². The quantitative estimate of drug-likeness (QED) is 0.178. The summed E-state index contributed by atoms with van der Waals surface area (Å²) in [6.07, 6.45) is 4.65. The smallest absolute Gasteiger partial charge is 0.134 e. The number of hydrogen-bond acceptors (Lipinski definition) is 6. The van der Waals surface area contributed by atoms with Gasteiger partial charge in [0, 0.05) is 74.6 Å². The Morgan fingerprint density at radius 2 is 0.926 bits per heavy atom. The van der Waals surface area contributed by atoms with Crippen molar-refractivity contribution in [2.24, 2.45) is 0 Å².